The third kappa shape index (κ3) is 3.35. The third-order valence-corrected chi connectivity index (χ3v) is 4.57. The van der Waals surface area contributed by atoms with Crippen LogP contribution in [-0.2, 0) is 5.41 Å². The van der Waals surface area contributed by atoms with Crippen molar-refractivity contribution in [3.63, 3.8) is 0 Å². The topological polar surface area (TPSA) is 80.4 Å². The minimum atomic E-state index is -0.445. The standard InChI is InChI=1S/C19H20N4O2S/c1-19(2,3)16-17(25)23(18(26-4)22-21-16)20-11-14-13-8-6-5-7-12(13)9-10-15(14)24/h5-11,24H,1-4H3. The molecule has 0 aliphatic rings. The summed E-state index contributed by atoms with van der Waals surface area (Å²) in [4.78, 5) is 12.8. The first kappa shape index (κ1) is 18.1. The van der Waals surface area contributed by atoms with E-state index in [9.17, 15) is 9.90 Å². The molecule has 0 radical (unpaired) electrons. The molecule has 2 aromatic carbocycles. The number of phenols is 1. The van der Waals surface area contributed by atoms with Crippen molar-refractivity contribution < 1.29 is 5.11 Å². The molecule has 1 heterocycles. The average molecular weight is 368 g/mol. The maximum atomic E-state index is 12.8. The summed E-state index contributed by atoms with van der Waals surface area (Å²) in [7, 11) is 0. The first-order valence-electron chi connectivity index (χ1n) is 8.12. The number of hydrogen-bond acceptors (Lipinski definition) is 6. The molecular formula is C19H20N4O2S. The summed E-state index contributed by atoms with van der Waals surface area (Å²) < 4.78 is 1.24. The van der Waals surface area contributed by atoms with Crippen molar-refractivity contribution in [2.24, 2.45) is 5.10 Å². The van der Waals surface area contributed by atoms with E-state index in [0.29, 0.717) is 16.4 Å². The van der Waals surface area contributed by atoms with Crippen LogP contribution in [0.2, 0.25) is 0 Å². The summed E-state index contributed by atoms with van der Waals surface area (Å²) in [5, 5.41) is 25.0. The Labute approximate surface area is 155 Å². The Morgan fingerprint density at radius 3 is 2.58 bits per heavy atom. The lowest BCUT2D eigenvalue weighted by Gasteiger charge is -2.16. The van der Waals surface area contributed by atoms with Gasteiger partial charge in [0, 0.05) is 11.0 Å². The van der Waals surface area contributed by atoms with Crippen LogP contribution in [0.4, 0.5) is 0 Å². The largest absolute Gasteiger partial charge is 0.507 e. The van der Waals surface area contributed by atoms with Crippen LogP contribution < -0.4 is 5.56 Å². The van der Waals surface area contributed by atoms with E-state index in [2.05, 4.69) is 15.3 Å². The fourth-order valence-electron chi connectivity index (χ4n) is 2.60. The van der Waals surface area contributed by atoms with E-state index in [1.54, 1.807) is 6.07 Å². The molecule has 0 saturated heterocycles. The average Bonchev–Trinajstić information content (AvgIpc) is 2.60. The molecular weight excluding hydrogens is 348 g/mol. The normalized spacial score (nSPS) is 12.2. The van der Waals surface area contributed by atoms with Crippen molar-refractivity contribution >= 4 is 28.7 Å². The highest BCUT2D eigenvalue weighted by atomic mass is 32.2. The highest BCUT2D eigenvalue weighted by molar-refractivity contribution is 7.98. The molecule has 0 amide bonds. The van der Waals surface area contributed by atoms with Crippen molar-refractivity contribution in [1.29, 1.82) is 0 Å². The molecule has 7 heteroatoms. The van der Waals surface area contributed by atoms with Gasteiger partial charge in [-0.05, 0) is 23.1 Å². The van der Waals surface area contributed by atoms with E-state index in [1.165, 1.54) is 22.7 Å². The Bertz CT molecular complexity index is 1050. The number of phenolic OH excluding ortho intramolecular Hbond substituents is 1. The van der Waals surface area contributed by atoms with Crippen molar-refractivity contribution in [1.82, 2.24) is 14.9 Å². The molecule has 3 rings (SSSR count). The Morgan fingerprint density at radius 2 is 1.88 bits per heavy atom. The van der Waals surface area contributed by atoms with Gasteiger partial charge in [-0.2, -0.15) is 9.78 Å². The van der Waals surface area contributed by atoms with Gasteiger partial charge in [-0.25, -0.2) is 0 Å². The lowest BCUT2D eigenvalue weighted by atomic mass is 9.93. The predicted molar refractivity (Wildman–Crippen MR) is 105 cm³/mol. The number of aromatic nitrogens is 3. The maximum Gasteiger partial charge on any atom is 0.297 e. The quantitative estimate of drug-likeness (QED) is 0.566. The summed E-state index contributed by atoms with van der Waals surface area (Å²) in [6.45, 7) is 5.71. The number of nitrogens with zero attached hydrogens (tertiary/aromatic N) is 4. The molecule has 0 saturated carbocycles. The minimum Gasteiger partial charge on any atom is -0.507 e. The summed E-state index contributed by atoms with van der Waals surface area (Å²) in [6.07, 6.45) is 3.30. The molecule has 0 fully saturated rings. The molecule has 6 nitrogen and oxygen atoms in total. The van der Waals surface area contributed by atoms with Crippen molar-refractivity contribution in [3.05, 3.63) is 58.0 Å². The molecule has 0 bridgehead atoms. The zero-order valence-electron chi connectivity index (χ0n) is 15.1. The van der Waals surface area contributed by atoms with Gasteiger partial charge in [-0.15, -0.1) is 10.2 Å². The highest BCUT2D eigenvalue weighted by Gasteiger charge is 2.23. The molecule has 3 aromatic rings. The number of aromatic hydroxyl groups is 1. The van der Waals surface area contributed by atoms with E-state index >= 15 is 0 Å². The van der Waals surface area contributed by atoms with E-state index in [0.717, 1.165) is 10.8 Å². The number of fused-ring (bicyclic) bond motifs is 1. The second-order valence-corrected chi connectivity index (χ2v) is 7.64. The van der Waals surface area contributed by atoms with Gasteiger partial charge >= 0.3 is 0 Å². The first-order chi connectivity index (χ1) is 12.3. The molecule has 134 valence electrons. The van der Waals surface area contributed by atoms with E-state index in [-0.39, 0.29) is 11.3 Å². The lowest BCUT2D eigenvalue weighted by molar-refractivity contribution is 0.475. The Hall–Kier alpha value is -2.67. The second-order valence-electron chi connectivity index (χ2n) is 6.87. The van der Waals surface area contributed by atoms with Gasteiger partial charge < -0.3 is 5.11 Å². The molecule has 0 spiro atoms. The van der Waals surface area contributed by atoms with Crippen LogP contribution in [0.25, 0.3) is 10.8 Å². The summed E-state index contributed by atoms with van der Waals surface area (Å²) in [5.74, 6) is 0.101. The van der Waals surface area contributed by atoms with Crippen LogP contribution in [0.3, 0.4) is 0 Å². The molecule has 0 aliphatic heterocycles. The molecule has 26 heavy (non-hydrogen) atoms. The molecule has 0 atom stereocenters. The van der Waals surface area contributed by atoms with Gasteiger partial charge in [0.1, 0.15) is 11.4 Å². The van der Waals surface area contributed by atoms with E-state index in [4.69, 9.17) is 0 Å². The molecule has 0 unspecified atom stereocenters. The molecule has 0 aliphatic carbocycles. The smallest absolute Gasteiger partial charge is 0.297 e. The van der Waals surface area contributed by atoms with Gasteiger partial charge in [-0.3, -0.25) is 4.79 Å². The van der Waals surface area contributed by atoms with Gasteiger partial charge in [0.25, 0.3) is 5.56 Å². The van der Waals surface area contributed by atoms with E-state index in [1.807, 2.05) is 57.4 Å². The van der Waals surface area contributed by atoms with Crippen molar-refractivity contribution in [2.45, 2.75) is 31.3 Å². The SMILES string of the molecule is CSc1nnc(C(C)(C)C)c(=O)n1N=Cc1c(O)ccc2ccccc12. The maximum absolute atomic E-state index is 12.8. The third-order valence-electron chi connectivity index (χ3n) is 3.95. The fourth-order valence-corrected chi connectivity index (χ4v) is 3.03. The Morgan fingerprint density at radius 1 is 1.15 bits per heavy atom. The monoisotopic (exact) mass is 368 g/mol. The fraction of sp³-hybridized carbons (Fsp3) is 0.263. The van der Waals surface area contributed by atoms with Crippen LogP contribution in [0.1, 0.15) is 32.0 Å². The van der Waals surface area contributed by atoms with Crippen molar-refractivity contribution in [2.75, 3.05) is 6.26 Å². The number of rotatable bonds is 3. The first-order valence-corrected chi connectivity index (χ1v) is 9.34. The lowest BCUT2D eigenvalue weighted by Crippen LogP contribution is -2.32. The Balaban J connectivity index is 2.18. The number of benzene rings is 2. The van der Waals surface area contributed by atoms with Crippen LogP contribution in [0.15, 0.2) is 51.5 Å². The Kier molecular flexibility index (Phi) is 4.82. The van der Waals surface area contributed by atoms with Gasteiger partial charge in [-0.1, -0.05) is 62.9 Å². The van der Waals surface area contributed by atoms with Crippen LogP contribution in [0.5, 0.6) is 5.75 Å². The van der Waals surface area contributed by atoms with Gasteiger partial charge in [0.2, 0.25) is 5.16 Å². The van der Waals surface area contributed by atoms with Gasteiger partial charge in [0.15, 0.2) is 0 Å². The number of thioether (sulfide) groups is 1. The molecule has 1 aromatic heterocycles. The summed E-state index contributed by atoms with van der Waals surface area (Å²) in [5.41, 5.74) is 0.137. The van der Waals surface area contributed by atoms with Gasteiger partial charge in [0.05, 0.1) is 6.21 Å². The highest BCUT2D eigenvalue weighted by Crippen LogP contribution is 2.25. The minimum absolute atomic E-state index is 0.101. The summed E-state index contributed by atoms with van der Waals surface area (Å²) in [6, 6.07) is 11.1. The van der Waals surface area contributed by atoms with E-state index < -0.39 is 5.41 Å². The number of hydrogen-bond donors (Lipinski definition) is 1. The second kappa shape index (κ2) is 6.92. The zero-order valence-corrected chi connectivity index (χ0v) is 15.9. The van der Waals surface area contributed by atoms with Crippen LogP contribution >= 0.6 is 11.8 Å². The summed E-state index contributed by atoms with van der Waals surface area (Å²) >= 11 is 1.28. The van der Waals surface area contributed by atoms with Crippen LogP contribution in [0, 0.1) is 0 Å². The predicted octanol–water partition coefficient (Wildman–Crippen LogP) is 3.40. The zero-order chi connectivity index (χ0) is 18.9. The molecule has 1 N–H and O–H groups in total. The van der Waals surface area contributed by atoms with Crippen molar-refractivity contribution in [3.8, 4) is 5.75 Å². The van der Waals surface area contributed by atoms with Crippen LogP contribution in [-0.4, -0.2) is 32.5 Å².